The lowest BCUT2D eigenvalue weighted by molar-refractivity contribution is -0.140. The summed E-state index contributed by atoms with van der Waals surface area (Å²) in [5, 5.41) is 12.4. The molecule has 0 spiro atoms. The summed E-state index contributed by atoms with van der Waals surface area (Å²) in [7, 11) is 0. The highest BCUT2D eigenvalue weighted by atomic mass is 32.2. The SMILES string of the molecule is Cc1cccc(C)c1C(=O)OCC(=O)[C@H](CCCCNC(=O)CCCCCCC(=O)CCCCC1SC[C@@H]2NC(=O)N[C@H]12)NC(=O)[C@@H](CC(=O)N1CCOCC1)CC1CCCCC1. The molecular weight excluding hydrogens is 823 g/mol. The smallest absolute Gasteiger partial charge is 0.339 e. The van der Waals surface area contributed by atoms with Crippen molar-refractivity contribution < 1.29 is 43.0 Å². The maximum Gasteiger partial charge on any atom is 0.339 e. The van der Waals surface area contributed by atoms with Crippen molar-refractivity contribution in [2.45, 2.75) is 166 Å². The van der Waals surface area contributed by atoms with Crippen molar-refractivity contribution in [2.75, 3.05) is 45.2 Å². The van der Waals surface area contributed by atoms with Gasteiger partial charge in [-0.05, 0) is 82.3 Å². The van der Waals surface area contributed by atoms with E-state index in [0.717, 1.165) is 87.5 Å². The summed E-state index contributed by atoms with van der Waals surface area (Å²) in [6, 6.07) is 4.93. The molecule has 4 N–H and O–H groups in total. The molecule has 1 unspecified atom stereocenters. The number of nitrogens with zero attached hydrogens (tertiary/aromatic N) is 1. The van der Waals surface area contributed by atoms with Gasteiger partial charge >= 0.3 is 12.0 Å². The number of fused-ring (bicyclic) bond motifs is 1. The number of nitrogens with one attached hydrogen (secondary N) is 4. The number of urea groups is 1. The molecule has 1 aliphatic carbocycles. The van der Waals surface area contributed by atoms with Crippen LogP contribution in [-0.4, -0.2) is 115 Å². The van der Waals surface area contributed by atoms with Crippen LogP contribution in [-0.2, 0) is 33.4 Å². The van der Waals surface area contributed by atoms with E-state index in [1.807, 2.05) is 43.8 Å². The Kier molecular flexibility index (Phi) is 21.2. The standard InChI is InChI=1S/C48H73N5O9S/c1-33-15-14-16-34(2)44(33)47(59)62-31-40(55)38(50-46(58)36(29-35-17-6-5-7-18-35)30-43(57)53-25-27-61-28-26-53)21-12-13-24-49-42(56)23-9-4-3-8-19-37(54)20-10-11-22-41-45-39(32-63-41)51-48(60)52-45/h14-16,35-36,38-39,41,45H,3-13,17-32H2,1-2H3,(H,49,56)(H,50,58)(H2,51,52,60)/t36-,38+,39+,41?,45+/m1/s1. The molecular formula is C48H73N5O9S. The van der Waals surface area contributed by atoms with E-state index in [2.05, 4.69) is 21.3 Å². The van der Waals surface area contributed by atoms with E-state index in [-0.39, 0.29) is 42.3 Å². The quantitative estimate of drug-likeness (QED) is 0.0445. The van der Waals surface area contributed by atoms with E-state index >= 15 is 0 Å². The number of hydrogen-bond acceptors (Lipinski definition) is 10. The number of carbonyl (C=O) groups is 7. The van der Waals surface area contributed by atoms with Crippen molar-refractivity contribution in [1.82, 2.24) is 26.2 Å². The zero-order chi connectivity index (χ0) is 45.0. The Bertz CT molecular complexity index is 1680. The summed E-state index contributed by atoms with van der Waals surface area (Å²) < 4.78 is 11.0. The van der Waals surface area contributed by atoms with Gasteiger partial charge in [-0.3, -0.25) is 24.0 Å². The van der Waals surface area contributed by atoms with Gasteiger partial charge in [-0.25, -0.2) is 9.59 Å². The molecule has 3 saturated heterocycles. The number of esters is 1. The fraction of sp³-hybridized carbons (Fsp3) is 0.729. The minimum atomic E-state index is -0.919. The van der Waals surface area contributed by atoms with Crippen molar-refractivity contribution in [3.05, 3.63) is 34.9 Å². The van der Waals surface area contributed by atoms with Crippen LogP contribution in [0, 0.1) is 25.7 Å². The van der Waals surface area contributed by atoms with E-state index in [4.69, 9.17) is 9.47 Å². The number of morpholine rings is 1. The number of hydrogen-bond donors (Lipinski definition) is 4. The molecule has 1 aromatic carbocycles. The third-order valence-corrected chi connectivity index (χ3v) is 14.7. The van der Waals surface area contributed by atoms with E-state index in [0.29, 0.717) is 100 Å². The normalized spacial score (nSPS) is 20.8. The van der Waals surface area contributed by atoms with Gasteiger partial charge in [-0.15, -0.1) is 0 Å². The number of benzene rings is 1. The first kappa shape index (κ1) is 50.0. The number of thioether (sulfide) groups is 1. The molecule has 5 atom stereocenters. The van der Waals surface area contributed by atoms with E-state index in [9.17, 15) is 33.6 Å². The molecule has 1 aromatic rings. The molecule has 0 radical (unpaired) electrons. The van der Waals surface area contributed by atoms with Crippen LogP contribution >= 0.6 is 11.8 Å². The van der Waals surface area contributed by atoms with Gasteiger partial charge in [0.25, 0.3) is 0 Å². The van der Waals surface area contributed by atoms with Crippen LogP contribution in [0.2, 0.25) is 0 Å². The van der Waals surface area contributed by atoms with Crippen LogP contribution in [0.25, 0.3) is 0 Å². The lowest BCUT2D eigenvalue weighted by Gasteiger charge is -2.31. The largest absolute Gasteiger partial charge is 0.454 e. The molecule has 5 amide bonds. The average Bonchev–Trinajstić information content (AvgIpc) is 3.84. The third-order valence-electron chi connectivity index (χ3n) is 13.2. The minimum Gasteiger partial charge on any atom is -0.454 e. The lowest BCUT2D eigenvalue weighted by atomic mass is 9.81. The van der Waals surface area contributed by atoms with Gasteiger partial charge in [0.15, 0.2) is 12.4 Å². The summed E-state index contributed by atoms with van der Waals surface area (Å²) in [6.45, 7) is 5.49. The highest BCUT2D eigenvalue weighted by Crippen LogP contribution is 2.34. The van der Waals surface area contributed by atoms with Crippen LogP contribution < -0.4 is 21.3 Å². The minimum absolute atomic E-state index is 0.0411. The van der Waals surface area contributed by atoms with Crippen molar-refractivity contribution in [3.63, 3.8) is 0 Å². The highest BCUT2D eigenvalue weighted by Gasteiger charge is 2.42. The maximum atomic E-state index is 14.1. The monoisotopic (exact) mass is 896 g/mol. The van der Waals surface area contributed by atoms with E-state index < -0.39 is 30.3 Å². The molecule has 63 heavy (non-hydrogen) atoms. The Hall–Kier alpha value is -3.98. The number of amides is 5. The van der Waals surface area contributed by atoms with Gasteiger partial charge in [-0.2, -0.15) is 11.8 Å². The molecule has 4 aliphatic rings. The fourth-order valence-electron chi connectivity index (χ4n) is 9.50. The summed E-state index contributed by atoms with van der Waals surface area (Å²) >= 11 is 1.90. The maximum absolute atomic E-state index is 14.1. The number of ketones is 2. The highest BCUT2D eigenvalue weighted by molar-refractivity contribution is 8.00. The molecule has 1 saturated carbocycles. The van der Waals surface area contributed by atoms with Gasteiger partial charge in [0.1, 0.15) is 5.78 Å². The summed E-state index contributed by atoms with van der Waals surface area (Å²) in [5.41, 5.74) is 1.91. The van der Waals surface area contributed by atoms with E-state index in [1.54, 1.807) is 4.90 Å². The predicted molar refractivity (Wildman–Crippen MR) is 243 cm³/mol. The van der Waals surface area contributed by atoms with Gasteiger partial charge in [-0.1, -0.05) is 69.6 Å². The number of carbonyl (C=O) groups excluding carboxylic acids is 7. The Balaban J connectivity index is 1.01. The van der Waals surface area contributed by atoms with Gasteiger partial charge in [0.05, 0.1) is 36.9 Å². The summed E-state index contributed by atoms with van der Waals surface area (Å²) in [6.07, 6.45) is 15.3. The first-order valence-electron chi connectivity index (χ1n) is 23.9. The molecule has 15 heteroatoms. The van der Waals surface area contributed by atoms with Crippen molar-refractivity contribution in [2.24, 2.45) is 11.8 Å². The third kappa shape index (κ3) is 16.8. The molecule has 4 fully saturated rings. The number of rotatable bonds is 27. The Morgan fingerprint density at radius 2 is 1.57 bits per heavy atom. The van der Waals surface area contributed by atoms with E-state index in [1.165, 1.54) is 6.42 Å². The lowest BCUT2D eigenvalue weighted by Crippen LogP contribution is -2.47. The van der Waals surface area contributed by atoms with Crippen LogP contribution in [0.4, 0.5) is 4.79 Å². The van der Waals surface area contributed by atoms with Crippen LogP contribution in [0.3, 0.4) is 0 Å². The first-order chi connectivity index (χ1) is 30.5. The Labute approximate surface area is 378 Å². The second kappa shape index (κ2) is 26.7. The van der Waals surface area contributed by atoms with Crippen molar-refractivity contribution in [3.8, 4) is 0 Å². The topological polar surface area (TPSA) is 189 Å². The first-order valence-corrected chi connectivity index (χ1v) is 24.9. The van der Waals surface area contributed by atoms with Gasteiger partial charge < -0.3 is 35.6 Å². The average molecular weight is 896 g/mol. The second-order valence-corrected chi connectivity index (χ2v) is 19.4. The molecule has 3 aliphatic heterocycles. The fourth-order valence-corrected chi connectivity index (χ4v) is 11.0. The number of unbranched alkanes of at least 4 members (excludes halogenated alkanes) is 5. The predicted octanol–water partition coefficient (Wildman–Crippen LogP) is 6.27. The molecule has 0 bridgehead atoms. The number of Topliss-reactive ketones (excluding diaryl/α,β-unsaturated/α-hetero) is 2. The second-order valence-electron chi connectivity index (χ2n) is 18.2. The zero-order valence-corrected chi connectivity index (χ0v) is 38.6. The molecule has 5 rings (SSSR count). The zero-order valence-electron chi connectivity index (χ0n) is 37.8. The Morgan fingerprint density at radius 3 is 2.30 bits per heavy atom. The molecule has 350 valence electrons. The van der Waals surface area contributed by atoms with Crippen LogP contribution in [0.15, 0.2) is 18.2 Å². The Morgan fingerprint density at radius 1 is 0.873 bits per heavy atom. The van der Waals surface area contributed by atoms with Crippen LogP contribution in [0.1, 0.15) is 150 Å². The molecule has 0 aromatic heterocycles. The summed E-state index contributed by atoms with van der Waals surface area (Å²) in [5.74, 6) is -0.467. The van der Waals surface area contributed by atoms with Crippen molar-refractivity contribution in [1.29, 1.82) is 0 Å². The molecule has 14 nitrogen and oxygen atoms in total. The molecule has 3 heterocycles. The van der Waals surface area contributed by atoms with Gasteiger partial charge in [0, 0.05) is 62.2 Å². The van der Waals surface area contributed by atoms with Crippen molar-refractivity contribution >= 4 is 53.1 Å². The van der Waals surface area contributed by atoms with Crippen LogP contribution in [0.5, 0.6) is 0 Å². The summed E-state index contributed by atoms with van der Waals surface area (Å²) in [4.78, 5) is 92.6. The number of ether oxygens (including phenoxy) is 2. The van der Waals surface area contributed by atoms with Gasteiger partial charge in [0.2, 0.25) is 17.7 Å². The number of aryl methyl sites for hydroxylation is 2.